The molecule has 0 fully saturated rings. The Balaban J connectivity index is 1.87. The zero-order chi connectivity index (χ0) is 18.4. The predicted octanol–water partition coefficient (Wildman–Crippen LogP) is 3.91. The highest BCUT2D eigenvalue weighted by atomic mass is 127. The standard InChI is InChI=1S/C15H11BrIN3O4S/c16-10-5-9(15(22)13(17)6-10)7-18-19-14(21)8-25-12-3-1-11(2-4-12)20(23)24/h1-7,22H,8H2,(H,19,21)/b18-7-. The molecule has 2 aromatic carbocycles. The normalized spacial score (nSPS) is 10.8. The second kappa shape index (κ2) is 9.15. The van der Waals surface area contributed by atoms with Gasteiger partial charge in [0.2, 0.25) is 5.91 Å². The minimum atomic E-state index is -0.478. The van der Waals surface area contributed by atoms with Crippen LogP contribution in [0.2, 0.25) is 0 Å². The highest BCUT2D eigenvalue weighted by molar-refractivity contribution is 14.1. The lowest BCUT2D eigenvalue weighted by Gasteiger charge is -2.03. The van der Waals surface area contributed by atoms with Crippen LogP contribution in [0.5, 0.6) is 5.75 Å². The molecule has 0 unspecified atom stereocenters. The van der Waals surface area contributed by atoms with Crippen LogP contribution < -0.4 is 5.43 Å². The molecular formula is C15H11BrIN3O4S. The van der Waals surface area contributed by atoms with E-state index in [0.29, 0.717) is 9.13 Å². The van der Waals surface area contributed by atoms with E-state index in [1.165, 1.54) is 30.1 Å². The van der Waals surface area contributed by atoms with Crippen LogP contribution in [0.1, 0.15) is 5.56 Å². The van der Waals surface area contributed by atoms with E-state index in [4.69, 9.17) is 0 Å². The Morgan fingerprint density at radius 3 is 2.72 bits per heavy atom. The topological polar surface area (TPSA) is 105 Å². The molecule has 0 atom stereocenters. The van der Waals surface area contributed by atoms with E-state index in [1.54, 1.807) is 24.3 Å². The maximum atomic E-state index is 11.8. The summed E-state index contributed by atoms with van der Waals surface area (Å²) < 4.78 is 1.45. The molecule has 10 heteroatoms. The number of thioether (sulfide) groups is 1. The zero-order valence-corrected chi connectivity index (χ0v) is 17.0. The summed E-state index contributed by atoms with van der Waals surface area (Å²) in [5.41, 5.74) is 2.85. The number of rotatable bonds is 6. The zero-order valence-electron chi connectivity index (χ0n) is 12.5. The van der Waals surface area contributed by atoms with Gasteiger partial charge in [-0.1, -0.05) is 15.9 Å². The van der Waals surface area contributed by atoms with Crippen molar-refractivity contribution in [1.82, 2.24) is 5.43 Å². The highest BCUT2D eigenvalue weighted by Gasteiger charge is 2.07. The van der Waals surface area contributed by atoms with Gasteiger partial charge in [0.15, 0.2) is 0 Å². The van der Waals surface area contributed by atoms with Gasteiger partial charge in [-0.05, 0) is 46.9 Å². The fourth-order valence-corrected chi connectivity index (χ4v) is 3.94. The third-order valence-corrected chi connectivity index (χ3v) is 5.16. The Labute approximate surface area is 169 Å². The molecule has 0 bridgehead atoms. The van der Waals surface area contributed by atoms with Crippen molar-refractivity contribution in [3.8, 4) is 5.75 Å². The lowest BCUT2D eigenvalue weighted by Crippen LogP contribution is -2.19. The average Bonchev–Trinajstić information content (AvgIpc) is 2.57. The third-order valence-electron chi connectivity index (χ3n) is 2.87. The second-order valence-corrected chi connectivity index (χ2v) is 7.78. The Kier molecular flexibility index (Phi) is 7.20. The molecule has 0 aliphatic heterocycles. The Morgan fingerprint density at radius 2 is 2.08 bits per heavy atom. The smallest absolute Gasteiger partial charge is 0.269 e. The number of hydrogen-bond donors (Lipinski definition) is 2. The van der Waals surface area contributed by atoms with E-state index >= 15 is 0 Å². The number of aromatic hydroxyl groups is 1. The maximum absolute atomic E-state index is 11.8. The summed E-state index contributed by atoms with van der Waals surface area (Å²) in [5, 5.41) is 24.3. The van der Waals surface area contributed by atoms with E-state index in [0.717, 1.165) is 9.37 Å². The number of hydrogen-bond acceptors (Lipinski definition) is 6. The number of carbonyl (C=O) groups is 1. The van der Waals surface area contributed by atoms with Crippen LogP contribution in [-0.2, 0) is 4.79 Å². The molecule has 1 amide bonds. The van der Waals surface area contributed by atoms with Crippen LogP contribution in [-0.4, -0.2) is 27.9 Å². The van der Waals surface area contributed by atoms with Gasteiger partial charge in [0.25, 0.3) is 5.69 Å². The van der Waals surface area contributed by atoms with Crippen LogP contribution in [0.15, 0.2) is 50.9 Å². The lowest BCUT2D eigenvalue weighted by molar-refractivity contribution is -0.384. The summed E-state index contributed by atoms with van der Waals surface area (Å²) in [6.07, 6.45) is 1.36. The van der Waals surface area contributed by atoms with Crippen molar-refractivity contribution in [1.29, 1.82) is 0 Å². The molecule has 0 heterocycles. The molecule has 2 rings (SSSR count). The van der Waals surface area contributed by atoms with Gasteiger partial charge in [0.1, 0.15) is 5.75 Å². The number of nitro benzene ring substituents is 1. The molecule has 2 aromatic rings. The van der Waals surface area contributed by atoms with Gasteiger partial charge in [0.05, 0.1) is 20.5 Å². The van der Waals surface area contributed by atoms with Crippen molar-refractivity contribution in [2.45, 2.75) is 4.90 Å². The molecule has 0 aliphatic carbocycles. The number of phenols is 1. The number of non-ortho nitro benzene ring substituents is 1. The van der Waals surface area contributed by atoms with Gasteiger partial charge in [-0.25, -0.2) is 5.43 Å². The van der Waals surface area contributed by atoms with Gasteiger partial charge in [-0.15, -0.1) is 11.8 Å². The number of hydrazone groups is 1. The number of nitrogens with zero attached hydrogens (tertiary/aromatic N) is 2. The summed E-state index contributed by atoms with van der Waals surface area (Å²) in [5.74, 6) is -0.136. The van der Waals surface area contributed by atoms with Crippen LogP contribution in [0.3, 0.4) is 0 Å². The molecule has 25 heavy (non-hydrogen) atoms. The number of nitro groups is 1. The van der Waals surface area contributed by atoms with Crippen LogP contribution in [0.25, 0.3) is 0 Å². The number of carbonyl (C=O) groups excluding carboxylic acids is 1. The van der Waals surface area contributed by atoms with Gasteiger partial charge in [0, 0.05) is 27.1 Å². The van der Waals surface area contributed by atoms with Gasteiger partial charge < -0.3 is 5.11 Å². The summed E-state index contributed by atoms with van der Waals surface area (Å²) in [4.78, 5) is 22.6. The fraction of sp³-hybridized carbons (Fsp3) is 0.0667. The van der Waals surface area contributed by atoms with Crippen molar-refractivity contribution in [2.24, 2.45) is 5.10 Å². The van der Waals surface area contributed by atoms with E-state index < -0.39 is 4.92 Å². The quantitative estimate of drug-likeness (QED) is 0.192. The first-order valence-corrected chi connectivity index (χ1v) is 9.59. The predicted molar refractivity (Wildman–Crippen MR) is 108 cm³/mol. The van der Waals surface area contributed by atoms with Crippen molar-refractivity contribution in [3.63, 3.8) is 0 Å². The fourth-order valence-electron chi connectivity index (χ4n) is 1.70. The minimum absolute atomic E-state index is 0.00173. The van der Waals surface area contributed by atoms with Crippen molar-refractivity contribution >= 4 is 68.1 Å². The molecular weight excluding hydrogens is 525 g/mol. The van der Waals surface area contributed by atoms with E-state index in [9.17, 15) is 20.0 Å². The number of halogens is 2. The number of phenolic OH excluding ortho intramolecular Hbond substituents is 1. The van der Waals surface area contributed by atoms with Crippen LogP contribution in [0.4, 0.5) is 5.69 Å². The highest BCUT2D eigenvalue weighted by Crippen LogP contribution is 2.27. The van der Waals surface area contributed by atoms with E-state index in [2.05, 4.69) is 26.5 Å². The molecule has 0 saturated carbocycles. The maximum Gasteiger partial charge on any atom is 0.269 e. The molecule has 0 aromatic heterocycles. The first kappa shape index (κ1) is 19.7. The van der Waals surface area contributed by atoms with Crippen LogP contribution >= 0.6 is 50.3 Å². The lowest BCUT2D eigenvalue weighted by atomic mass is 10.2. The molecule has 0 saturated heterocycles. The molecule has 0 aliphatic rings. The summed E-state index contributed by atoms with van der Waals surface area (Å²) in [6.45, 7) is 0. The van der Waals surface area contributed by atoms with Crippen molar-refractivity contribution < 1.29 is 14.8 Å². The number of nitrogens with one attached hydrogen (secondary N) is 1. The van der Waals surface area contributed by atoms with Crippen molar-refractivity contribution in [2.75, 3.05) is 5.75 Å². The van der Waals surface area contributed by atoms with E-state index in [1.807, 2.05) is 22.6 Å². The van der Waals surface area contributed by atoms with Gasteiger partial charge in [-0.2, -0.15) is 5.10 Å². The molecule has 0 spiro atoms. The summed E-state index contributed by atoms with van der Waals surface area (Å²) in [6, 6.07) is 9.37. The summed E-state index contributed by atoms with van der Waals surface area (Å²) in [7, 11) is 0. The Hall–Kier alpha value is -1.66. The van der Waals surface area contributed by atoms with Crippen LogP contribution in [0, 0.1) is 13.7 Å². The van der Waals surface area contributed by atoms with Gasteiger partial charge in [-0.3, -0.25) is 14.9 Å². The van der Waals surface area contributed by atoms with E-state index in [-0.39, 0.29) is 23.1 Å². The van der Waals surface area contributed by atoms with Crippen molar-refractivity contribution in [3.05, 3.63) is 60.1 Å². The molecule has 7 nitrogen and oxygen atoms in total. The Bertz CT molecular complexity index is 830. The first-order valence-electron chi connectivity index (χ1n) is 6.74. The molecule has 0 radical (unpaired) electrons. The first-order chi connectivity index (χ1) is 11.9. The third kappa shape index (κ3) is 5.97. The molecule has 2 N–H and O–H groups in total. The molecule has 130 valence electrons. The number of benzene rings is 2. The SMILES string of the molecule is O=C(CSc1ccc([N+](=O)[O-])cc1)N/N=C\c1cc(Br)cc(I)c1O. The second-order valence-electron chi connectivity index (χ2n) is 4.66. The minimum Gasteiger partial charge on any atom is -0.506 e. The van der Waals surface area contributed by atoms with Gasteiger partial charge >= 0.3 is 0 Å². The monoisotopic (exact) mass is 535 g/mol. The Morgan fingerprint density at radius 1 is 1.40 bits per heavy atom. The average molecular weight is 536 g/mol. The largest absolute Gasteiger partial charge is 0.506 e. The summed E-state index contributed by atoms with van der Waals surface area (Å²) >= 11 is 6.55. The number of amides is 1.